The van der Waals surface area contributed by atoms with E-state index < -0.39 is 0 Å². The molecule has 5 nitrogen and oxygen atoms in total. The van der Waals surface area contributed by atoms with Crippen LogP contribution < -0.4 is 16.2 Å². The van der Waals surface area contributed by atoms with Crippen LogP contribution in [0.1, 0.15) is 17.4 Å². The van der Waals surface area contributed by atoms with Crippen LogP contribution in [0.15, 0.2) is 35.1 Å². The van der Waals surface area contributed by atoms with Crippen molar-refractivity contribution < 1.29 is 4.79 Å². The summed E-state index contributed by atoms with van der Waals surface area (Å²) in [6.07, 6.45) is 0. The fraction of sp³-hybridized carbons (Fsp3) is 0.286. The Morgan fingerprint density at radius 1 is 1.26 bits per heavy atom. The minimum absolute atomic E-state index is 0.241. The predicted molar refractivity (Wildman–Crippen MR) is 75.4 cm³/mol. The molecule has 1 amide bonds. The highest BCUT2D eigenvalue weighted by Gasteiger charge is 2.08. The van der Waals surface area contributed by atoms with Crippen molar-refractivity contribution >= 4 is 16.7 Å². The summed E-state index contributed by atoms with van der Waals surface area (Å²) in [7, 11) is 0. The Bertz CT molecular complexity index is 634. The molecular weight excluding hydrogens is 242 g/mol. The number of aromatic nitrogens is 1. The molecule has 2 rings (SSSR count). The van der Waals surface area contributed by atoms with Gasteiger partial charge in [-0.25, -0.2) is 0 Å². The summed E-state index contributed by atoms with van der Waals surface area (Å²) >= 11 is 0. The lowest BCUT2D eigenvalue weighted by atomic mass is 10.1. The quantitative estimate of drug-likeness (QED) is 0.697. The van der Waals surface area contributed by atoms with Crippen LogP contribution in [0.5, 0.6) is 0 Å². The number of aromatic amines is 1. The number of amides is 1. The monoisotopic (exact) mass is 259 g/mol. The minimum Gasteiger partial charge on any atom is -0.349 e. The molecule has 1 heterocycles. The lowest BCUT2D eigenvalue weighted by Gasteiger charge is -2.06. The number of carbonyl (C=O) groups is 1. The first-order valence-electron chi connectivity index (χ1n) is 6.33. The number of benzene rings is 1. The summed E-state index contributed by atoms with van der Waals surface area (Å²) in [6.45, 7) is 4.10. The molecule has 100 valence electrons. The van der Waals surface area contributed by atoms with Gasteiger partial charge in [-0.2, -0.15) is 0 Å². The van der Waals surface area contributed by atoms with Gasteiger partial charge in [-0.15, -0.1) is 0 Å². The summed E-state index contributed by atoms with van der Waals surface area (Å²) in [4.78, 5) is 26.3. The Morgan fingerprint density at radius 2 is 2.05 bits per heavy atom. The van der Waals surface area contributed by atoms with Crippen LogP contribution >= 0.6 is 0 Å². The number of fused-ring (bicyclic) bond motifs is 1. The van der Waals surface area contributed by atoms with Crippen molar-refractivity contribution in [3.05, 3.63) is 46.4 Å². The molecule has 0 aliphatic rings. The first kappa shape index (κ1) is 13.3. The maximum absolute atomic E-state index is 11.9. The van der Waals surface area contributed by atoms with E-state index in [0.717, 1.165) is 11.9 Å². The first-order chi connectivity index (χ1) is 9.22. The van der Waals surface area contributed by atoms with Gasteiger partial charge in [0, 0.05) is 18.5 Å². The number of pyridine rings is 1. The average Bonchev–Trinajstić information content (AvgIpc) is 2.43. The summed E-state index contributed by atoms with van der Waals surface area (Å²) < 4.78 is 0. The smallest absolute Gasteiger partial charge is 0.267 e. The van der Waals surface area contributed by atoms with E-state index in [1.54, 1.807) is 18.2 Å². The number of hydrogen-bond acceptors (Lipinski definition) is 3. The Hall–Kier alpha value is -2.14. The zero-order valence-electron chi connectivity index (χ0n) is 10.8. The molecule has 0 unspecified atom stereocenters. The van der Waals surface area contributed by atoms with E-state index in [9.17, 15) is 9.59 Å². The zero-order chi connectivity index (χ0) is 13.7. The van der Waals surface area contributed by atoms with Gasteiger partial charge in [0.2, 0.25) is 0 Å². The van der Waals surface area contributed by atoms with Crippen LogP contribution in [-0.2, 0) is 0 Å². The molecule has 0 spiro atoms. The number of rotatable bonds is 5. The topological polar surface area (TPSA) is 74.0 Å². The van der Waals surface area contributed by atoms with E-state index in [-0.39, 0.29) is 11.5 Å². The molecular formula is C14H17N3O2. The highest BCUT2D eigenvalue weighted by atomic mass is 16.2. The van der Waals surface area contributed by atoms with Crippen molar-refractivity contribution in [2.24, 2.45) is 0 Å². The molecule has 5 heteroatoms. The number of carbonyl (C=O) groups excluding carboxylic acids is 1. The molecule has 0 saturated carbocycles. The van der Waals surface area contributed by atoms with Crippen LogP contribution in [0.3, 0.4) is 0 Å². The van der Waals surface area contributed by atoms with Crippen LogP contribution in [0.4, 0.5) is 0 Å². The molecule has 0 aliphatic heterocycles. The molecule has 0 saturated heterocycles. The summed E-state index contributed by atoms with van der Waals surface area (Å²) in [5.74, 6) is -0.263. The summed E-state index contributed by atoms with van der Waals surface area (Å²) in [5.41, 5.74) is 0.0510. The molecule has 0 aliphatic carbocycles. The second-order valence-corrected chi connectivity index (χ2v) is 4.21. The van der Waals surface area contributed by atoms with Crippen LogP contribution in [0, 0.1) is 0 Å². The third-order valence-electron chi connectivity index (χ3n) is 2.84. The van der Waals surface area contributed by atoms with E-state index in [0.29, 0.717) is 24.2 Å². The van der Waals surface area contributed by atoms with Gasteiger partial charge in [0.15, 0.2) is 0 Å². The van der Waals surface area contributed by atoms with Crippen LogP contribution in [0.2, 0.25) is 0 Å². The molecule has 0 atom stereocenters. The van der Waals surface area contributed by atoms with Gasteiger partial charge in [0.05, 0.1) is 0 Å². The van der Waals surface area contributed by atoms with Gasteiger partial charge in [-0.05, 0) is 24.1 Å². The van der Waals surface area contributed by atoms with Crippen molar-refractivity contribution in [2.75, 3.05) is 19.6 Å². The third kappa shape index (κ3) is 3.20. The second kappa shape index (κ2) is 6.15. The molecule has 19 heavy (non-hydrogen) atoms. The predicted octanol–water partition coefficient (Wildman–Crippen LogP) is 0.867. The normalized spacial score (nSPS) is 10.6. The van der Waals surface area contributed by atoms with Gasteiger partial charge < -0.3 is 15.6 Å². The molecule has 0 radical (unpaired) electrons. The fourth-order valence-electron chi connectivity index (χ4n) is 1.87. The van der Waals surface area contributed by atoms with Crippen LogP contribution in [-0.4, -0.2) is 30.5 Å². The first-order valence-corrected chi connectivity index (χ1v) is 6.33. The lowest BCUT2D eigenvalue weighted by molar-refractivity contribution is 0.0949. The van der Waals surface area contributed by atoms with E-state index in [2.05, 4.69) is 15.6 Å². The maximum atomic E-state index is 11.9. The molecule has 3 N–H and O–H groups in total. The number of hydrogen-bond donors (Lipinski definition) is 3. The highest BCUT2D eigenvalue weighted by Crippen LogP contribution is 2.09. The standard InChI is InChI=1S/C14H17N3O2/c1-2-15-7-8-16-14(19)12-9-10-5-3-4-6-11(10)13(18)17-12/h3-6,9,15H,2,7-8H2,1H3,(H,16,19)(H,17,18). The van der Waals surface area contributed by atoms with Gasteiger partial charge in [-0.1, -0.05) is 25.1 Å². The average molecular weight is 259 g/mol. The second-order valence-electron chi connectivity index (χ2n) is 4.21. The maximum Gasteiger partial charge on any atom is 0.267 e. The molecule has 2 aromatic rings. The van der Waals surface area contributed by atoms with E-state index >= 15 is 0 Å². The van der Waals surface area contributed by atoms with Gasteiger partial charge in [-0.3, -0.25) is 9.59 Å². The Kier molecular flexibility index (Phi) is 4.30. The van der Waals surface area contributed by atoms with Crippen molar-refractivity contribution in [2.45, 2.75) is 6.92 Å². The molecule has 0 fully saturated rings. The van der Waals surface area contributed by atoms with E-state index in [4.69, 9.17) is 0 Å². The molecule has 1 aromatic carbocycles. The summed E-state index contributed by atoms with van der Waals surface area (Å²) in [6, 6.07) is 8.89. The van der Waals surface area contributed by atoms with Crippen molar-refractivity contribution in [1.82, 2.24) is 15.6 Å². The largest absolute Gasteiger partial charge is 0.349 e. The highest BCUT2D eigenvalue weighted by molar-refractivity contribution is 5.96. The fourth-order valence-corrected chi connectivity index (χ4v) is 1.87. The van der Waals surface area contributed by atoms with Gasteiger partial charge in [0.25, 0.3) is 11.5 Å². The summed E-state index contributed by atoms with van der Waals surface area (Å²) in [5, 5.41) is 7.22. The van der Waals surface area contributed by atoms with Crippen molar-refractivity contribution in [1.29, 1.82) is 0 Å². The Balaban J connectivity index is 2.16. The van der Waals surface area contributed by atoms with Crippen molar-refractivity contribution in [3.63, 3.8) is 0 Å². The molecule has 1 aromatic heterocycles. The Morgan fingerprint density at radius 3 is 2.84 bits per heavy atom. The minimum atomic E-state index is -0.263. The SMILES string of the molecule is CCNCCNC(=O)c1cc2ccccc2c(=O)[nH]1. The van der Waals surface area contributed by atoms with Crippen LogP contribution in [0.25, 0.3) is 10.8 Å². The molecule has 0 bridgehead atoms. The third-order valence-corrected chi connectivity index (χ3v) is 2.84. The number of H-pyrrole nitrogens is 1. The lowest BCUT2D eigenvalue weighted by Crippen LogP contribution is -2.33. The Labute approximate surface area is 111 Å². The van der Waals surface area contributed by atoms with Gasteiger partial charge >= 0.3 is 0 Å². The van der Waals surface area contributed by atoms with E-state index in [1.807, 2.05) is 19.1 Å². The number of likely N-dealkylation sites (N-methyl/N-ethyl adjacent to an activating group) is 1. The van der Waals surface area contributed by atoms with E-state index in [1.165, 1.54) is 0 Å². The number of nitrogens with one attached hydrogen (secondary N) is 3. The van der Waals surface area contributed by atoms with Gasteiger partial charge in [0.1, 0.15) is 5.69 Å². The zero-order valence-corrected chi connectivity index (χ0v) is 10.8. The van der Waals surface area contributed by atoms with Crippen molar-refractivity contribution in [3.8, 4) is 0 Å².